The van der Waals surface area contributed by atoms with Crippen LogP contribution < -0.4 is 5.56 Å². The Morgan fingerprint density at radius 2 is 2.24 bits per heavy atom. The zero-order valence-electron chi connectivity index (χ0n) is 9.51. The van der Waals surface area contributed by atoms with Gasteiger partial charge >= 0.3 is 0 Å². The Kier molecular flexibility index (Phi) is 4.69. The molecule has 1 heterocycles. The van der Waals surface area contributed by atoms with Crippen LogP contribution in [0.5, 0.6) is 5.88 Å². The van der Waals surface area contributed by atoms with Gasteiger partial charge in [0, 0.05) is 6.07 Å². The van der Waals surface area contributed by atoms with Crippen LogP contribution in [0.3, 0.4) is 0 Å². The summed E-state index contributed by atoms with van der Waals surface area (Å²) in [5.41, 5.74) is 0.154. The normalized spacial score (nSPS) is 10.2. The molecule has 0 bridgehead atoms. The van der Waals surface area contributed by atoms with Crippen molar-refractivity contribution in [2.75, 3.05) is 19.8 Å². The molecule has 0 radical (unpaired) electrons. The molecule has 0 saturated carbocycles. The van der Waals surface area contributed by atoms with Gasteiger partial charge in [-0.15, -0.1) is 0 Å². The van der Waals surface area contributed by atoms with E-state index in [4.69, 9.17) is 15.1 Å². The number of ether oxygens (including phenoxy) is 1. The van der Waals surface area contributed by atoms with Crippen LogP contribution in [0.2, 0.25) is 0 Å². The molecular formula is C11H14N2O4. The number of aromatic hydroxyl groups is 1. The summed E-state index contributed by atoms with van der Waals surface area (Å²) in [6, 6.07) is 3.14. The fraction of sp³-hybridized carbons (Fsp3) is 0.455. The number of hydrogen-bond acceptors (Lipinski definition) is 5. The van der Waals surface area contributed by atoms with E-state index < -0.39 is 0 Å². The van der Waals surface area contributed by atoms with Crippen LogP contribution in [-0.4, -0.2) is 34.6 Å². The molecule has 0 aliphatic rings. The fourth-order valence-electron chi connectivity index (χ4n) is 1.43. The minimum absolute atomic E-state index is 0.0896. The number of nitrogens with zero attached hydrogens (tertiary/aromatic N) is 2. The summed E-state index contributed by atoms with van der Waals surface area (Å²) in [7, 11) is 0. The van der Waals surface area contributed by atoms with Gasteiger partial charge < -0.3 is 14.9 Å². The van der Waals surface area contributed by atoms with Crippen LogP contribution in [0.4, 0.5) is 0 Å². The molecule has 0 aromatic carbocycles. The molecule has 6 heteroatoms. The first-order chi connectivity index (χ1) is 8.11. The molecule has 0 aliphatic carbocycles. The molecule has 0 spiro atoms. The van der Waals surface area contributed by atoms with Crippen molar-refractivity contribution in [2.45, 2.75) is 13.5 Å². The molecule has 0 aliphatic heterocycles. The molecule has 17 heavy (non-hydrogen) atoms. The van der Waals surface area contributed by atoms with Gasteiger partial charge in [-0.1, -0.05) is 0 Å². The monoisotopic (exact) mass is 238 g/mol. The number of nitriles is 1. The summed E-state index contributed by atoms with van der Waals surface area (Å²) in [5.74, 6) is -0.343. The van der Waals surface area contributed by atoms with E-state index in [-0.39, 0.29) is 43.4 Å². The number of aliphatic hydroxyl groups is 1. The molecule has 6 nitrogen and oxygen atoms in total. The van der Waals surface area contributed by atoms with Gasteiger partial charge in [0.15, 0.2) is 0 Å². The highest BCUT2D eigenvalue weighted by molar-refractivity contribution is 5.43. The van der Waals surface area contributed by atoms with E-state index in [0.29, 0.717) is 5.56 Å². The van der Waals surface area contributed by atoms with Gasteiger partial charge in [-0.25, -0.2) is 0 Å². The average Bonchev–Trinajstić information content (AvgIpc) is 2.28. The van der Waals surface area contributed by atoms with E-state index in [1.165, 1.54) is 6.07 Å². The first-order valence-electron chi connectivity index (χ1n) is 5.14. The quantitative estimate of drug-likeness (QED) is 0.689. The van der Waals surface area contributed by atoms with Crippen molar-refractivity contribution in [1.29, 1.82) is 5.26 Å². The third-order valence-corrected chi connectivity index (χ3v) is 2.29. The van der Waals surface area contributed by atoms with Gasteiger partial charge in [0.25, 0.3) is 5.56 Å². The lowest BCUT2D eigenvalue weighted by atomic mass is 10.1. The Balaban J connectivity index is 2.93. The smallest absolute Gasteiger partial charge is 0.253 e. The minimum Gasteiger partial charge on any atom is -0.493 e. The van der Waals surface area contributed by atoms with Gasteiger partial charge in [0.05, 0.1) is 26.4 Å². The largest absolute Gasteiger partial charge is 0.493 e. The first kappa shape index (κ1) is 13.2. The molecule has 0 fully saturated rings. The fourth-order valence-corrected chi connectivity index (χ4v) is 1.43. The molecule has 0 amide bonds. The van der Waals surface area contributed by atoms with E-state index in [1.807, 2.05) is 6.07 Å². The van der Waals surface area contributed by atoms with E-state index in [0.717, 1.165) is 4.57 Å². The van der Waals surface area contributed by atoms with Crippen molar-refractivity contribution in [3.05, 3.63) is 27.5 Å². The maximum atomic E-state index is 11.6. The number of aromatic nitrogens is 1. The Morgan fingerprint density at radius 1 is 1.53 bits per heavy atom. The maximum Gasteiger partial charge on any atom is 0.253 e. The molecule has 1 aromatic heterocycles. The lowest BCUT2D eigenvalue weighted by molar-refractivity contribution is 0.0853. The Labute approximate surface area is 98.3 Å². The average molecular weight is 238 g/mol. The molecule has 2 N–H and O–H groups in total. The predicted molar refractivity (Wildman–Crippen MR) is 59.7 cm³/mol. The zero-order valence-corrected chi connectivity index (χ0v) is 9.51. The summed E-state index contributed by atoms with van der Waals surface area (Å²) in [6.07, 6.45) is 0. The van der Waals surface area contributed by atoms with Crippen LogP contribution in [0.1, 0.15) is 11.1 Å². The lowest BCUT2D eigenvalue weighted by Gasteiger charge is -2.10. The number of pyridine rings is 1. The Morgan fingerprint density at radius 3 is 2.82 bits per heavy atom. The zero-order chi connectivity index (χ0) is 12.8. The molecule has 1 aromatic rings. The highest BCUT2D eigenvalue weighted by Gasteiger charge is 2.11. The summed E-state index contributed by atoms with van der Waals surface area (Å²) in [4.78, 5) is 11.6. The summed E-state index contributed by atoms with van der Waals surface area (Å²) in [6.45, 7) is 1.98. The second-order valence-corrected chi connectivity index (χ2v) is 3.46. The van der Waals surface area contributed by atoms with Crippen molar-refractivity contribution in [1.82, 2.24) is 4.57 Å². The lowest BCUT2D eigenvalue weighted by Crippen LogP contribution is -2.23. The van der Waals surface area contributed by atoms with Crippen LogP contribution in [-0.2, 0) is 11.3 Å². The second-order valence-electron chi connectivity index (χ2n) is 3.46. The SMILES string of the molecule is Cc1cc(=O)n(CCOCCO)c(O)c1C#N. The van der Waals surface area contributed by atoms with Crippen LogP contribution >= 0.6 is 0 Å². The van der Waals surface area contributed by atoms with Crippen molar-refractivity contribution in [2.24, 2.45) is 0 Å². The highest BCUT2D eigenvalue weighted by atomic mass is 16.5. The van der Waals surface area contributed by atoms with Crippen molar-refractivity contribution >= 4 is 0 Å². The van der Waals surface area contributed by atoms with Gasteiger partial charge in [0.1, 0.15) is 11.6 Å². The first-order valence-corrected chi connectivity index (χ1v) is 5.14. The highest BCUT2D eigenvalue weighted by Crippen LogP contribution is 2.16. The molecule has 0 unspecified atom stereocenters. The molecule has 1 rings (SSSR count). The topological polar surface area (TPSA) is 95.5 Å². The van der Waals surface area contributed by atoms with E-state index in [1.54, 1.807) is 6.92 Å². The third kappa shape index (κ3) is 3.06. The van der Waals surface area contributed by atoms with Crippen molar-refractivity contribution in [3.63, 3.8) is 0 Å². The number of rotatable bonds is 5. The summed E-state index contributed by atoms with van der Waals surface area (Å²) in [5, 5.41) is 27.1. The Bertz CT molecular complexity index is 487. The molecular weight excluding hydrogens is 224 g/mol. The standard InChI is InChI=1S/C11H14N2O4/c1-8-6-10(15)13(2-4-17-5-3-14)11(16)9(8)7-12/h6,14,16H,2-5H2,1H3. The number of aryl methyl sites for hydroxylation is 1. The van der Waals surface area contributed by atoms with Crippen LogP contribution in [0, 0.1) is 18.3 Å². The molecule has 92 valence electrons. The van der Waals surface area contributed by atoms with E-state index >= 15 is 0 Å². The van der Waals surface area contributed by atoms with Crippen LogP contribution in [0.25, 0.3) is 0 Å². The number of aliphatic hydroxyl groups excluding tert-OH is 1. The van der Waals surface area contributed by atoms with Gasteiger partial charge in [0.2, 0.25) is 5.88 Å². The van der Waals surface area contributed by atoms with Crippen molar-refractivity contribution in [3.8, 4) is 11.9 Å². The number of hydrogen-bond donors (Lipinski definition) is 2. The van der Waals surface area contributed by atoms with E-state index in [2.05, 4.69) is 0 Å². The molecule has 0 atom stereocenters. The van der Waals surface area contributed by atoms with Gasteiger partial charge in [-0.2, -0.15) is 5.26 Å². The minimum atomic E-state index is -0.383. The second kappa shape index (κ2) is 6.03. The molecule has 0 saturated heterocycles. The Hall–Kier alpha value is -1.84. The van der Waals surface area contributed by atoms with Gasteiger partial charge in [-0.05, 0) is 12.5 Å². The van der Waals surface area contributed by atoms with Crippen LogP contribution in [0.15, 0.2) is 10.9 Å². The summed E-state index contributed by atoms with van der Waals surface area (Å²) >= 11 is 0. The predicted octanol–water partition coefficient (Wildman–Crippen LogP) is -0.257. The van der Waals surface area contributed by atoms with Crippen molar-refractivity contribution < 1.29 is 14.9 Å². The summed E-state index contributed by atoms with van der Waals surface area (Å²) < 4.78 is 6.07. The van der Waals surface area contributed by atoms with E-state index in [9.17, 15) is 9.90 Å². The maximum absolute atomic E-state index is 11.6. The third-order valence-electron chi connectivity index (χ3n) is 2.29. The van der Waals surface area contributed by atoms with Gasteiger partial charge in [-0.3, -0.25) is 9.36 Å².